The Morgan fingerprint density at radius 2 is 1.85 bits per heavy atom. The fraction of sp³-hybridized carbons (Fsp3) is 0.897. The molecule has 224 valence electrons. The van der Waals surface area contributed by atoms with E-state index in [1.165, 1.54) is 0 Å². The summed E-state index contributed by atoms with van der Waals surface area (Å²) < 4.78 is 13.1. The van der Waals surface area contributed by atoms with Gasteiger partial charge in [-0.2, -0.15) is 0 Å². The number of fused-ring (bicyclic) bond motifs is 1. The zero-order valence-electron chi connectivity index (χ0n) is 25.4. The molecule has 0 spiro atoms. The molecule has 0 aromatic rings. The quantitative estimate of drug-likeness (QED) is 0.489. The van der Waals surface area contributed by atoms with Crippen molar-refractivity contribution in [2.75, 3.05) is 27.2 Å². The van der Waals surface area contributed by atoms with Crippen molar-refractivity contribution in [3.05, 3.63) is 0 Å². The van der Waals surface area contributed by atoms with Crippen LogP contribution in [0.1, 0.15) is 74.1 Å². The highest BCUT2D eigenvalue weighted by Gasteiger charge is 2.50. The fourth-order valence-electron chi connectivity index (χ4n) is 6.75. The lowest BCUT2D eigenvalue weighted by Crippen LogP contribution is -2.56. The lowest BCUT2D eigenvalue weighted by molar-refractivity contribution is -0.282. The summed E-state index contributed by atoms with van der Waals surface area (Å²) in [6.07, 6.45) is -0.439. The number of aliphatic hydroxyl groups excluding tert-OH is 1. The number of hydrogen-bond acceptors (Lipinski definition) is 7. The van der Waals surface area contributed by atoms with Crippen molar-refractivity contribution >= 4 is 17.6 Å². The number of likely N-dealkylation sites (tertiary alicyclic amines) is 1. The molecule has 0 aromatic heterocycles. The molecule has 39 heavy (non-hydrogen) atoms. The van der Waals surface area contributed by atoms with Crippen LogP contribution < -0.4 is 5.32 Å². The van der Waals surface area contributed by atoms with Crippen molar-refractivity contribution in [1.82, 2.24) is 15.1 Å². The maximum absolute atomic E-state index is 12.8. The van der Waals surface area contributed by atoms with Crippen molar-refractivity contribution in [3.63, 3.8) is 0 Å². The van der Waals surface area contributed by atoms with E-state index in [9.17, 15) is 19.8 Å². The molecule has 3 rings (SSSR count). The van der Waals surface area contributed by atoms with Gasteiger partial charge in [0.15, 0.2) is 6.29 Å². The Balaban J connectivity index is 1.94. The van der Waals surface area contributed by atoms with Crippen molar-refractivity contribution in [2.24, 2.45) is 28.7 Å². The Hall–Kier alpha value is -1.75. The molecular formula is C29H52N4O6. The monoisotopic (exact) mass is 552 g/mol. The molecule has 0 bridgehead atoms. The van der Waals surface area contributed by atoms with Crippen LogP contribution in [0.15, 0.2) is 4.99 Å². The average molecular weight is 553 g/mol. The molecule has 3 aliphatic heterocycles. The largest absolute Gasteiger partial charge is 0.392 e. The molecule has 3 fully saturated rings. The third-order valence-electron chi connectivity index (χ3n) is 8.76. The first-order chi connectivity index (χ1) is 18.1. The summed E-state index contributed by atoms with van der Waals surface area (Å²) in [5.74, 6) is -0.701. The maximum atomic E-state index is 12.8. The van der Waals surface area contributed by atoms with E-state index in [1.54, 1.807) is 25.8 Å². The van der Waals surface area contributed by atoms with E-state index in [2.05, 4.69) is 31.1 Å². The van der Waals surface area contributed by atoms with Gasteiger partial charge in [0.05, 0.1) is 35.7 Å². The molecule has 0 unspecified atom stereocenters. The Morgan fingerprint density at radius 1 is 1.18 bits per heavy atom. The van der Waals surface area contributed by atoms with Gasteiger partial charge in [0.2, 0.25) is 11.8 Å². The van der Waals surface area contributed by atoms with E-state index < -0.39 is 35.9 Å². The van der Waals surface area contributed by atoms with Gasteiger partial charge >= 0.3 is 0 Å². The number of carbonyl (C=O) groups excluding carboxylic acids is 2. The van der Waals surface area contributed by atoms with Crippen molar-refractivity contribution in [1.29, 1.82) is 0 Å². The summed E-state index contributed by atoms with van der Waals surface area (Å²) in [4.78, 5) is 34.2. The average Bonchev–Trinajstić information content (AvgIpc) is 3.14. The standard InChI is InChI=1S/C29H52N4O6/c1-16(2)31-23-13-21-22(33(23)9)12-18(4)38-28(21)39-26-19(5)25(35)20(6)27(36)30-11-10-24(34)32(8)15-17(3)14-29(26,7)37/h16-22,25-26,28,35,37H,10-15H2,1-9H3,(H,30,36)/b31-23+/t17-,18-,19+,20-,21-,22+,25+,26-,28+,29-/m1/s1. The zero-order valence-corrected chi connectivity index (χ0v) is 25.4. The molecule has 0 aliphatic carbocycles. The van der Waals surface area contributed by atoms with Gasteiger partial charge in [-0.05, 0) is 46.5 Å². The summed E-state index contributed by atoms with van der Waals surface area (Å²) in [5, 5.41) is 26.1. The van der Waals surface area contributed by atoms with Crippen LogP contribution in [0, 0.1) is 23.7 Å². The minimum absolute atomic E-state index is 0.0267. The van der Waals surface area contributed by atoms with Crippen LogP contribution in [-0.2, 0) is 19.1 Å². The van der Waals surface area contributed by atoms with Crippen LogP contribution in [0.3, 0.4) is 0 Å². The van der Waals surface area contributed by atoms with Crippen molar-refractivity contribution in [2.45, 2.75) is 116 Å². The molecule has 3 N–H and O–H groups in total. The molecule has 3 aliphatic rings. The highest BCUT2D eigenvalue weighted by molar-refractivity contribution is 5.85. The van der Waals surface area contributed by atoms with E-state index in [0.29, 0.717) is 19.4 Å². The number of nitrogens with zero attached hydrogens (tertiary/aromatic N) is 3. The predicted octanol–water partition coefficient (Wildman–Crippen LogP) is 2.02. The Bertz CT molecular complexity index is 895. The number of aliphatic imine (C=N–C) groups is 1. The zero-order chi connectivity index (χ0) is 29.2. The van der Waals surface area contributed by atoms with Gasteiger partial charge in [0, 0.05) is 63.9 Å². The van der Waals surface area contributed by atoms with Crippen LogP contribution in [0.5, 0.6) is 0 Å². The van der Waals surface area contributed by atoms with E-state index in [1.807, 2.05) is 20.8 Å². The number of hydrogen-bond donors (Lipinski definition) is 3. The number of carbonyl (C=O) groups is 2. The third-order valence-corrected chi connectivity index (χ3v) is 8.76. The number of amides is 2. The molecule has 3 saturated heterocycles. The SMILES string of the molecule is CC(C)/N=C1\C[C@H]2[C@H](O[C@@H]3[C@@H](C)[C@H](O)[C@@H](C)C(=O)NCCC(=O)N(C)C[C@H](C)C[C@@]3(C)O)O[C@H](C)C[C@@H]2N1C. The molecule has 0 radical (unpaired) electrons. The predicted molar refractivity (Wildman–Crippen MR) is 150 cm³/mol. The van der Waals surface area contributed by atoms with Gasteiger partial charge in [-0.25, -0.2) is 0 Å². The van der Waals surface area contributed by atoms with Crippen molar-refractivity contribution in [3.8, 4) is 0 Å². The third kappa shape index (κ3) is 7.51. The highest BCUT2D eigenvalue weighted by Crippen LogP contribution is 2.41. The van der Waals surface area contributed by atoms with Gasteiger partial charge in [0.1, 0.15) is 0 Å². The van der Waals surface area contributed by atoms with Gasteiger partial charge in [-0.3, -0.25) is 14.6 Å². The number of aliphatic hydroxyl groups is 2. The lowest BCUT2D eigenvalue weighted by Gasteiger charge is -2.46. The first-order valence-electron chi connectivity index (χ1n) is 14.6. The summed E-state index contributed by atoms with van der Waals surface area (Å²) in [5.41, 5.74) is -1.36. The Morgan fingerprint density at radius 3 is 2.49 bits per heavy atom. The number of ether oxygens (including phenoxy) is 2. The van der Waals surface area contributed by atoms with Crippen LogP contribution in [0.25, 0.3) is 0 Å². The van der Waals surface area contributed by atoms with Crippen LogP contribution >= 0.6 is 0 Å². The Kier molecular flexibility index (Phi) is 10.5. The molecule has 10 atom stereocenters. The van der Waals surface area contributed by atoms with Gasteiger partial charge in [-0.1, -0.05) is 20.8 Å². The second kappa shape index (κ2) is 12.8. The topological polar surface area (TPSA) is 124 Å². The van der Waals surface area contributed by atoms with Gasteiger partial charge in [0.25, 0.3) is 0 Å². The molecule has 0 saturated carbocycles. The number of nitrogens with one attached hydrogen (secondary N) is 1. The first-order valence-corrected chi connectivity index (χ1v) is 14.6. The second-order valence-corrected chi connectivity index (χ2v) is 12.9. The molecule has 2 amide bonds. The van der Waals surface area contributed by atoms with Crippen LogP contribution in [-0.4, -0.2) is 107 Å². The van der Waals surface area contributed by atoms with Crippen LogP contribution in [0.2, 0.25) is 0 Å². The minimum atomic E-state index is -1.36. The van der Waals surface area contributed by atoms with E-state index in [-0.39, 0.29) is 54.8 Å². The maximum Gasteiger partial charge on any atom is 0.225 e. The number of amidine groups is 1. The summed E-state index contributed by atoms with van der Waals surface area (Å²) >= 11 is 0. The smallest absolute Gasteiger partial charge is 0.225 e. The van der Waals surface area contributed by atoms with Gasteiger partial charge < -0.3 is 34.8 Å². The summed E-state index contributed by atoms with van der Waals surface area (Å²) in [6.45, 7) is 14.1. The fourth-order valence-corrected chi connectivity index (χ4v) is 6.75. The molecule has 0 aromatic carbocycles. The van der Waals surface area contributed by atoms with Crippen molar-refractivity contribution < 1.29 is 29.3 Å². The van der Waals surface area contributed by atoms with E-state index in [4.69, 9.17) is 14.5 Å². The molecule has 10 heteroatoms. The summed E-state index contributed by atoms with van der Waals surface area (Å²) in [6, 6.07) is 0.373. The highest BCUT2D eigenvalue weighted by atomic mass is 16.7. The van der Waals surface area contributed by atoms with Gasteiger partial charge in [-0.15, -0.1) is 0 Å². The molecule has 3 heterocycles. The second-order valence-electron chi connectivity index (χ2n) is 12.9. The van der Waals surface area contributed by atoms with E-state index >= 15 is 0 Å². The number of rotatable bonds is 3. The molecular weight excluding hydrogens is 500 g/mol. The normalized spacial score (nSPS) is 42.5. The summed E-state index contributed by atoms with van der Waals surface area (Å²) in [7, 11) is 3.82. The minimum Gasteiger partial charge on any atom is -0.392 e. The van der Waals surface area contributed by atoms with Crippen LogP contribution in [0.4, 0.5) is 0 Å². The lowest BCUT2D eigenvalue weighted by atomic mass is 9.77. The molecule has 10 nitrogen and oxygen atoms in total. The first kappa shape index (κ1) is 31.8. The van der Waals surface area contributed by atoms with E-state index in [0.717, 1.165) is 12.3 Å². The Labute approximate surface area is 234 Å².